The zero-order chi connectivity index (χ0) is 18.6. The van der Waals surface area contributed by atoms with Crippen LogP contribution in [0, 0.1) is 0 Å². The molecule has 0 N–H and O–H groups in total. The van der Waals surface area contributed by atoms with Crippen molar-refractivity contribution in [3.05, 3.63) is 34.2 Å². The second kappa shape index (κ2) is 8.31. The molecular weight excluding hydrogens is 348 g/mol. The van der Waals surface area contributed by atoms with Crippen LogP contribution < -0.4 is 9.47 Å². The summed E-state index contributed by atoms with van der Waals surface area (Å²) < 4.78 is 17.9. The van der Waals surface area contributed by atoms with Gasteiger partial charge in [0, 0.05) is 11.5 Å². The standard InChI is InChI=1S/C18H28N4O3Si/c1-26(2,3)25-18(15(20-21-19)13-22-8-4-5-9-22)14-6-7-16-17(12-14)24-11-10-23-16/h6-7,12,15,18H,4-5,8-11,13H2,1-3H3/t15-,18?/m1/s1. The molecule has 26 heavy (non-hydrogen) atoms. The lowest BCUT2D eigenvalue weighted by Crippen LogP contribution is -2.38. The summed E-state index contributed by atoms with van der Waals surface area (Å²) in [4.78, 5) is 5.48. The molecule has 0 saturated carbocycles. The summed E-state index contributed by atoms with van der Waals surface area (Å²) >= 11 is 0. The Morgan fingerprint density at radius 3 is 2.54 bits per heavy atom. The molecule has 8 heteroatoms. The van der Waals surface area contributed by atoms with Gasteiger partial charge in [-0.1, -0.05) is 11.2 Å². The first-order valence-electron chi connectivity index (χ1n) is 9.30. The lowest BCUT2D eigenvalue weighted by molar-refractivity contribution is 0.139. The number of rotatable bonds is 7. The van der Waals surface area contributed by atoms with Crippen LogP contribution in [0.5, 0.6) is 11.5 Å². The number of azide groups is 1. The van der Waals surface area contributed by atoms with E-state index in [1.54, 1.807) is 0 Å². The van der Waals surface area contributed by atoms with E-state index in [4.69, 9.17) is 19.4 Å². The molecule has 1 unspecified atom stereocenters. The van der Waals surface area contributed by atoms with E-state index in [-0.39, 0.29) is 12.1 Å². The van der Waals surface area contributed by atoms with Crippen LogP contribution in [0.15, 0.2) is 23.3 Å². The zero-order valence-corrected chi connectivity index (χ0v) is 16.9. The van der Waals surface area contributed by atoms with E-state index in [1.807, 2.05) is 18.2 Å². The zero-order valence-electron chi connectivity index (χ0n) is 15.9. The van der Waals surface area contributed by atoms with Crippen LogP contribution in [-0.2, 0) is 4.43 Å². The van der Waals surface area contributed by atoms with Crippen molar-refractivity contribution in [2.45, 2.75) is 44.6 Å². The van der Waals surface area contributed by atoms with Crippen molar-refractivity contribution in [2.75, 3.05) is 32.8 Å². The monoisotopic (exact) mass is 376 g/mol. The van der Waals surface area contributed by atoms with Crippen molar-refractivity contribution in [1.29, 1.82) is 0 Å². The first-order valence-corrected chi connectivity index (χ1v) is 12.7. The van der Waals surface area contributed by atoms with Crippen LogP contribution >= 0.6 is 0 Å². The van der Waals surface area contributed by atoms with Crippen molar-refractivity contribution in [3.8, 4) is 11.5 Å². The number of hydrogen-bond donors (Lipinski definition) is 0. The maximum atomic E-state index is 9.15. The van der Waals surface area contributed by atoms with Crippen LogP contribution in [0.4, 0.5) is 0 Å². The van der Waals surface area contributed by atoms with Crippen LogP contribution in [0.25, 0.3) is 10.4 Å². The van der Waals surface area contributed by atoms with E-state index in [1.165, 1.54) is 12.8 Å². The summed E-state index contributed by atoms with van der Waals surface area (Å²) in [7, 11) is -1.86. The average molecular weight is 377 g/mol. The van der Waals surface area contributed by atoms with Crippen LogP contribution in [0.2, 0.25) is 19.6 Å². The van der Waals surface area contributed by atoms with Crippen LogP contribution in [0.3, 0.4) is 0 Å². The fourth-order valence-electron chi connectivity index (χ4n) is 3.48. The lowest BCUT2D eigenvalue weighted by atomic mass is 10.0. The largest absolute Gasteiger partial charge is 0.486 e. The van der Waals surface area contributed by atoms with Gasteiger partial charge in [0.1, 0.15) is 13.2 Å². The SMILES string of the molecule is C[Si](C)(C)OC(c1ccc2c(c1)OCCO2)[C@@H](CN1CCCC1)N=[N+]=[N-]. The molecule has 1 saturated heterocycles. The third-order valence-corrected chi connectivity index (χ3v) is 5.53. The summed E-state index contributed by atoms with van der Waals surface area (Å²) in [6.07, 6.45) is 2.12. The maximum Gasteiger partial charge on any atom is 0.184 e. The second-order valence-corrected chi connectivity index (χ2v) is 12.3. The highest BCUT2D eigenvalue weighted by molar-refractivity contribution is 6.69. The van der Waals surface area contributed by atoms with Gasteiger partial charge in [0.2, 0.25) is 0 Å². The molecule has 0 bridgehead atoms. The van der Waals surface area contributed by atoms with Gasteiger partial charge in [0.25, 0.3) is 0 Å². The summed E-state index contributed by atoms with van der Waals surface area (Å²) in [6.45, 7) is 10.4. The van der Waals surface area contributed by atoms with Crippen molar-refractivity contribution < 1.29 is 13.9 Å². The minimum absolute atomic E-state index is 0.271. The fourth-order valence-corrected chi connectivity index (χ4v) is 4.53. The predicted octanol–water partition coefficient (Wildman–Crippen LogP) is 4.13. The van der Waals surface area contributed by atoms with Crippen molar-refractivity contribution >= 4 is 8.32 Å². The molecule has 3 rings (SSSR count). The summed E-state index contributed by atoms with van der Waals surface area (Å²) in [5.41, 5.74) is 10.1. The molecule has 2 aliphatic heterocycles. The Morgan fingerprint density at radius 1 is 1.19 bits per heavy atom. The fraction of sp³-hybridized carbons (Fsp3) is 0.667. The van der Waals surface area contributed by atoms with E-state index >= 15 is 0 Å². The number of hydrogen-bond acceptors (Lipinski definition) is 5. The molecule has 0 aromatic heterocycles. The molecule has 2 heterocycles. The van der Waals surface area contributed by atoms with E-state index in [0.717, 1.165) is 30.2 Å². The molecule has 1 fully saturated rings. The Kier molecular flexibility index (Phi) is 6.08. The average Bonchev–Trinajstić information content (AvgIpc) is 3.11. The quantitative estimate of drug-likeness (QED) is 0.310. The number of nitrogens with zero attached hydrogens (tertiary/aromatic N) is 4. The first-order chi connectivity index (χ1) is 12.5. The first kappa shape index (κ1) is 19.0. The molecular formula is C18H28N4O3Si. The topological polar surface area (TPSA) is 79.7 Å². The number of ether oxygens (including phenoxy) is 2. The highest BCUT2D eigenvalue weighted by atomic mass is 28.4. The third kappa shape index (κ3) is 4.91. The molecule has 0 spiro atoms. The third-order valence-electron chi connectivity index (χ3n) is 4.57. The minimum Gasteiger partial charge on any atom is -0.486 e. The molecule has 0 amide bonds. The van der Waals surface area contributed by atoms with Gasteiger partial charge in [-0.15, -0.1) is 0 Å². The number of likely N-dealkylation sites (tertiary alicyclic amines) is 1. The van der Waals surface area contributed by atoms with Gasteiger partial charge >= 0.3 is 0 Å². The molecule has 1 aromatic rings. The number of fused-ring (bicyclic) bond motifs is 1. The Bertz CT molecular complexity index is 667. The Hall–Kier alpha value is -1.73. The summed E-state index contributed by atoms with van der Waals surface area (Å²) in [6, 6.07) is 5.63. The van der Waals surface area contributed by atoms with Crippen LogP contribution in [-0.4, -0.2) is 52.1 Å². The molecule has 0 aliphatic carbocycles. The molecule has 2 atom stereocenters. The Labute approximate surface area is 156 Å². The van der Waals surface area contributed by atoms with Gasteiger partial charge in [0.05, 0.1) is 12.1 Å². The van der Waals surface area contributed by atoms with Gasteiger partial charge in [-0.2, -0.15) is 0 Å². The lowest BCUT2D eigenvalue weighted by Gasteiger charge is -2.33. The molecule has 7 nitrogen and oxygen atoms in total. The van der Waals surface area contributed by atoms with Crippen molar-refractivity contribution in [2.24, 2.45) is 5.11 Å². The minimum atomic E-state index is -1.86. The Morgan fingerprint density at radius 2 is 1.88 bits per heavy atom. The Balaban J connectivity index is 1.90. The van der Waals surface area contributed by atoms with Gasteiger partial charge in [-0.25, -0.2) is 0 Å². The van der Waals surface area contributed by atoms with E-state index in [0.29, 0.717) is 19.8 Å². The summed E-state index contributed by atoms with van der Waals surface area (Å²) in [5, 5.41) is 4.12. The normalized spacial score (nSPS) is 19.7. The maximum absolute atomic E-state index is 9.15. The van der Waals surface area contributed by atoms with Crippen LogP contribution in [0.1, 0.15) is 24.5 Å². The van der Waals surface area contributed by atoms with Gasteiger partial charge in [-0.05, 0) is 68.8 Å². The van der Waals surface area contributed by atoms with E-state index in [9.17, 15) is 0 Å². The number of benzene rings is 1. The van der Waals surface area contributed by atoms with Gasteiger partial charge < -0.3 is 18.8 Å². The van der Waals surface area contributed by atoms with Crippen molar-refractivity contribution in [3.63, 3.8) is 0 Å². The van der Waals surface area contributed by atoms with Gasteiger partial charge in [-0.3, -0.25) is 0 Å². The van der Waals surface area contributed by atoms with E-state index < -0.39 is 8.32 Å². The molecule has 0 radical (unpaired) electrons. The molecule has 1 aromatic carbocycles. The van der Waals surface area contributed by atoms with E-state index in [2.05, 4.69) is 34.6 Å². The predicted molar refractivity (Wildman–Crippen MR) is 103 cm³/mol. The summed E-state index contributed by atoms with van der Waals surface area (Å²) in [5.74, 6) is 1.49. The van der Waals surface area contributed by atoms with Gasteiger partial charge in [0.15, 0.2) is 19.8 Å². The van der Waals surface area contributed by atoms with Crippen molar-refractivity contribution in [1.82, 2.24) is 4.90 Å². The highest BCUT2D eigenvalue weighted by Gasteiger charge is 2.31. The smallest absolute Gasteiger partial charge is 0.184 e. The molecule has 2 aliphatic rings. The highest BCUT2D eigenvalue weighted by Crippen LogP contribution is 2.36. The second-order valence-electron chi connectivity index (χ2n) is 7.83. The molecule has 142 valence electrons.